The van der Waals surface area contributed by atoms with Crippen LogP contribution in [0, 0.1) is 5.92 Å². The van der Waals surface area contributed by atoms with E-state index < -0.39 is 12.1 Å². The second-order valence-corrected chi connectivity index (χ2v) is 4.67. The van der Waals surface area contributed by atoms with Crippen molar-refractivity contribution >= 4 is 12.1 Å². The standard InChI is InChI=1S/C14H21NO4/c1-5-7-11(6-2)8-18-14(17)15-9-19-13(16)12(15)10(3)4/h5-7,10,12H,8-9H2,1-4H3/b7-5-,11-6+. The zero-order chi connectivity index (χ0) is 14.4. The summed E-state index contributed by atoms with van der Waals surface area (Å²) < 4.78 is 10.1. The first-order valence-corrected chi connectivity index (χ1v) is 6.39. The van der Waals surface area contributed by atoms with Gasteiger partial charge in [0.2, 0.25) is 0 Å². The van der Waals surface area contributed by atoms with Gasteiger partial charge in [-0.2, -0.15) is 0 Å². The van der Waals surface area contributed by atoms with E-state index in [1.54, 1.807) is 0 Å². The molecule has 0 aliphatic carbocycles. The molecule has 0 aromatic carbocycles. The van der Waals surface area contributed by atoms with Crippen molar-refractivity contribution in [2.75, 3.05) is 13.3 Å². The number of carbonyl (C=O) groups is 2. The first-order chi connectivity index (χ1) is 9.01. The number of allylic oxidation sites excluding steroid dienone is 2. The minimum absolute atomic E-state index is 0.000671. The topological polar surface area (TPSA) is 55.8 Å². The van der Waals surface area contributed by atoms with E-state index in [-0.39, 0.29) is 25.2 Å². The lowest BCUT2D eigenvalue weighted by Crippen LogP contribution is -2.41. The van der Waals surface area contributed by atoms with Gasteiger partial charge in [0, 0.05) is 0 Å². The van der Waals surface area contributed by atoms with Crippen molar-refractivity contribution in [3.05, 3.63) is 23.8 Å². The highest BCUT2D eigenvalue weighted by atomic mass is 16.6. The van der Waals surface area contributed by atoms with Gasteiger partial charge < -0.3 is 9.47 Å². The molecule has 106 valence electrons. The largest absolute Gasteiger partial charge is 0.444 e. The summed E-state index contributed by atoms with van der Waals surface area (Å²) >= 11 is 0. The highest BCUT2D eigenvalue weighted by Crippen LogP contribution is 2.20. The van der Waals surface area contributed by atoms with Crippen molar-refractivity contribution in [3.63, 3.8) is 0 Å². The molecule has 1 rings (SSSR count). The van der Waals surface area contributed by atoms with E-state index in [4.69, 9.17) is 9.47 Å². The first kappa shape index (κ1) is 15.3. The number of ether oxygens (including phenoxy) is 2. The molecule has 1 fully saturated rings. The average molecular weight is 267 g/mol. The molecule has 0 radical (unpaired) electrons. The Morgan fingerprint density at radius 2 is 2.21 bits per heavy atom. The van der Waals surface area contributed by atoms with Crippen LogP contribution in [0.4, 0.5) is 4.79 Å². The van der Waals surface area contributed by atoms with Crippen LogP contribution in [0.5, 0.6) is 0 Å². The van der Waals surface area contributed by atoms with E-state index in [1.165, 1.54) is 4.90 Å². The van der Waals surface area contributed by atoms with E-state index >= 15 is 0 Å². The zero-order valence-corrected chi connectivity index (χ0v) is 11.9. The number of hydrogen-bond donors (Lipinski definition) is 0. The first-order valence-electron chi connectivity index (χ1n) is 6.39. The molecule has 1 heterocycles. The summed E-state index contributed by atoms with van der Waals surface area (Å²) in [6.07, 6.45) is 5.11. The normalized spacial score (nSPS) is 20.3. The van der Waals surface area contributed by atoms with Crippen LogP contribution in [-0.4, -0.2) is 36.3 Å². The number of esters is 1. The molecule has 5 nitrogen and oxygen atoms in total. The van der Waals surface area contributed by atoms with Crippen LogP contribution in [0.2, 0.25) is 0 Å². The van der Waals surface area contributed by atoms with Crippen LogP contribution in [0.1, 0.15) is 27.7 Å². The van der Waals surface area contributed by atoms with Gasteiger partial charge >= 0.3 is 12.1 Å². The van der Waals surface area contributed by atoms with E-state index in [0.29, 0.717) is 0 Å². The maximum absolute atomic E-state index is 12.0. The van der Waals surface area contributed by atoms with Crippen LogP contribution >= 0.6 is 0 Å². The number of nitrogens with zero attached hydrogens (tertiary/aromatic N) is 1. The van der Waals surface area contributed by atoms with Gasteiger partial charge in [0.25, 0.3) is 0 Å². The summed E-state index contributed by atoms with van der Waals surface area (Å²) in [6, 6.07) is -0.553. The third kappa shape index (κ3) is 3.84. The lowest BCUT2D eigenvalue weighted by Gasteiger charge is -2.22. The fourth-order valence-corrected chi connectivity index (χ4v) is 1.89. The fourth-order valence-electron chi connectivity index (χ4n) is 1.89. The second-order valence-electron chi connectivity index (χ2n) is 4.67. The predicted octanol–water partition coefficient (Wildman–Crippen LogP) is 2.49. The third-order valence-corrected chi connectivity index (χ3v) is 2.90. The molecule has 0 aromatic heterocycles. The van der Waals surface area contributed by atoms with Crippen molar-refractivity contribution in [2.45, 2.75) is 33.7 Å². The summed E-state index contributed by atoms with van der Waals surface area (Å²) in [5, 5.41) is 0. The van der Waals surface area contributed by atoms with Crippen LogP contribution < -0.4 is 0 Å². The minimum atomic E-state index is -0.553. The van der Waals surface area contributed by atoms with Gasteiger partial charge in [-0.25, -0.2) is 9.59 Å². The molecule has 1 amide bonds. The van der Waals surface area contributed by atoms with Gasteiger partial charge in [-0.05, 0) is 25.3 Å². The Kier molecular flexibility index (Phi) is 5.60. The Bertz CT molecular complexity index is 398. The van der Waals surface area contributed by atoms with Crippen molar-refractivity contribution in [1.82, 2.24) is 4.90 Å². The SMILES string of the molecule is C/C=C\C(=C/C)COC(=O)N1COC(=O)C1C(C)C. The molecule has 1 aliphatic rings. The van der Waals surface area contributed by atoms with Crippen LogP contribution in [0.3, 0.4) is 0 Å². The zero-order valence-electron chi connectivity index (χ0n) is 11.9. The van der Waals surface area contributed by atoms with Crippen molar-refractivity contribution in [2.24, 2.45) is 5.92 Å². The average Bonchev–Trinajstić information content (AvgIpc) is 2.76. The Hall–Kier alpha value is -1.78. The molecular weight excluding hydrogens is 246 g/mol. The molecule has 5 heteroatoms. The van der Waals surface area contributed by atoms with Gasteiger partial charge in [0.05, 0.1) is 0 Å². The van der Waals surface area contributed by atoms with Crippen LogP contribution in [0.25, 0.3) is 0 Å². The summed E-state index contributed by atoms with van der Waals surface area (Å²) in [5.41, 5.74) is 0.906. The highest BCUT2D eigenvalue weighted by Gasteiger charge is 2.40. The number of rotatable bonds is 4. The van der Waals surface area contributed by atoms with Gasteiger partial charge in [-0.1, -0.05) is 32.1 Å². The van der Waals surface area contributed by atoms with E-state index in [9.17, 15) is 9.59 Å². The van der Waals surface area contributed by atoms with Gasteiger partial charge in [-0.15, -0.1) is 0 Å². The monoisotopic (exact) mass is 267 g/mol. The predicted molar refractivity (Wildman–Crippen MR) is 71.3 cm³/mol. The lowest BCUT2D eigenvalue weighted by atomic mass is 10.0. The Morgan fingerprint density at radius 3 is 2.74 bits per heavy atom. The quantitative estimate of drug-likeness (QED) is 0.580. The third-order valence-electron chi connectivity index (χ3n) is 2.90. The molecule has 0 saturated carbocycles. The number of carbonyl (C=O) groups excluding carboxylic acids is 2. The molecule has 0 N–H and O–H groups in total. The van der Waals surface area contributed by atoms with Gasteiger partial charge in [0.1, 0.15) is 12.6 Å². The summed E-state index contributed by atoms with van der Waals surface area (Å²) in [6.45, 7) is 7.67. The Morgan fingerprint density at radius 1 is 1.53 bits per heavy atom. The smallest absolute Gasteiger partial charge is 0.413 e. The fraction of sp³-hybridized carbons (Fsp3) is 0.571. The van der Waals surface area contributed by atoms with Crippen molar-refractivity contribution in [3.8, 4) is 0 Å². The minimum Gasteiger partial charge on any atom is -0.444 e. The maximum atomic E-state index is 12.0. The molecule has 1 aliphatic heterocycles. The summed E-state index contributed by atoms with van der Waals surface area (Å²) in [4.78, 5) is 24.8. The summed E-state index contributed by atoms with van der Waals surface area (Å²) in [5.74, 6) is -0.370. The molecule has 0 bridgehead atoms. The Labute approximate surface area is 113 Å². The number of cyclic esters (lactones) is 1. The van der Waals surface area contributed by atoms with Crippen molar-refractivity contribution in [1.29, 1.82) is 0 Å². The van der Waals surface area contributed by atoms with Crippen LogP contribution in [-0.2, 0) is 14.3 Å². The molecule has 1 saturated heterocycles. The molecule has 0 aromatic rings. The summed E-state index contributed by atoms with van der Waals surface area (Å²) in [7, 11) is 0. The van der Waals surface area contributed by atoms with E-state index in [2.05, 4.69) is 0 Å². The van der Waals surface area contributed by atoms with E-state index in [0.717, 1.165) is 5.57 Å². The highest BCUT2D eigenvalue weighted by molar-refractivity contribution is 5.84. The van der Waals surface area contributed by atoms with Crippen molar-refractivity contribution < 1.29 is 19.1 Å². The number of amides is 1. The molecule has 1 atom stereocenters. The second kappa shape index (κ2) is 6.97. The van der Waals surface area contributed by atoms with Crippen LogP contribution in [0.15, 0.2) is 23.8 Å². The number of hydrogen-bond acceptors (Lipinski definition) is 4. The van der Waals surface area contributed by atoms with Gasteiger partial charge in [0.15, 0.2) is 6.73 Å². The maximum Gasteiger partial charge on any atom is 0.413 e. The Balaban J connectivity index is 2.61. The molecular formula is C14H21NO4. The molecule has 0 spiro atoms. The lowest BCUT2D eigenvalue weighted by molar-refractivity contribution is -0.139. The van der Waals surface area contributed by atoms with Gasteiger partial charge in [-0.3, -0.25) is 4.90 Å². The molecule has 1 unspecified atom stereocenters. The van der Waals surface area contributed by atoms with E-state index in [1.807, 2.05) is 45.9 Å². The molecule has 19 heavy (non-hydrogen) atoms.